The van der Waals surface area contributed by atoms with Crippen LogP contribution >= 0.6 is 15.9 Å². The van der Waals surface area contributed by atoms with Gasteiger partial charge in [-0.05, 0) is 43.1 Å². The molecule has 0 spiro atoms. The lowest BCUT2D eigenvalue weighted by molar-refractivity contribution is 0.497. The van der Waals surface area contributed by atoms with Gasteiger partial charge in [0.2, 0.25) is 0 Å². The van der Waals surface area contributed by atoms with Gasteiger partial charge in [-0.15, -0.1) is 0 Å². The van der Waals surface area contributed by atoms with Crippen LogP contribution < -0.4 is 11.1 Å². The maximum atomic E-state index is 14.2. The Kier molecular flexibility index (Phi) is 5.70. The van der Waals surface area contributed by atoms with Gasteiger partial charge in [-0.25, -0.2) is 4.39 Å². The minimum atomic E-state index is -0.222. The van der Waals surface area contributed by atoms with E-state index in [2.05, 4.69) is 33.2 Å². The van der Waals surface area contributed by atoms with Gasteiger partial charge in [0.25, 0.3) is 0 Å². The van der Waals surface area contributed by atoms with E-state index in [4.69, 9.17) is 5.73 Å². The highest BCUT2D eigenvalue weighted by atomic mass is 79.9. The number of nitrogen functional groups attached to an aromatic ring is 1. The van der Waals surface area contributed by atoms with Gasteiger partial charge in [0.05, 0.1) is 0 Å². The Morgan fingerprint density at radius 2 is 2.19 bits per heavy atom. The van der Waals surface area contributed by atoms with Gasteiger partial charge in [-0.3, -0.25) is 4.98 Å². The third-order valence-electron chi connectivity index (χ3n) is 3.34. The Morgan fingerprint density at radius 3 is 2.86 bits per heavy atom. The number of halogens is 2. The van der Waals surface area contributed by atoms with Crippen molar-refractivity contribution in [2.75, 3.05) is 12.3 Å². The number of aromatic nitrogens is 1. The first-order valence-electron chi connectivity index (χ1n) is 6.98. The Balaban J connectivity index is 2.27. The van der Waals surface area contributed by atoms with Crippen molar-refractivity contribution in [1.82, 2.24) is 10.3 Å². The Morgan fingerprint density at radius 1 is 1.38 bits per heavy atom. The molecule has 0 amide bonds. The molecule has 1 unspecified atom stereocenters. The van der Waals surface area contributed by atoms with Crippen LogP contribution in [0.2, 0.25) is 0 Å². The number of rotatable bonds is 6. The summed E-state index contributed by atoms with van der Waals surface area (Å²) in [4.78, 5) is 4.10. The third-order valence-corrected chi connectivity index (χ3v) is 3.84. The van der Waals surface area contributed by atoms with E-state index in [1.54, 1.807) is 24.5 Å². The van der Waals surface area contributed by atoms with Gasteiger partial charge >= 0.3 is 0 Å². The number of pyridine rings is 1. The number of anilines is 1. The van der Waals surface area contributed by atoms with E-state index >= 15 is 0 Å². The van der Waals surface area contributed by atoms with Crippen LogP contribution in [0, 0.1) is 5.82 Å². The van der Waals surface area contributed by atoms with Crippen LogP contribution in [0.1, 0.15) is 30.5 Å². The lowest BCUT2D eigenvalue weighted by Crippen LogP contribution is -2.25. The second kappa shape index (κ2) is 7.52. The van der Waals surface area contributed by atoms with Crippen molar-refractivity contribution in [2.24, 2.45) is 0 Å². The van der Waals surface area contributed by atoms with E-state index in [-0.39, 0.29) is 11.9 Å². The van der Waals surface area contributed by atoms with Crippen molar-refractivity contribution in [2.45, 2.75) is 25.8 Å². The molecule has 1 heterocycles. The molecule has 0 fully saturated rings. The van der Waals surface area contributed by atoms with Crippen molar-refractivity contribution in [3.05, 3.63) is 58.1 Å². The van der Waals surface area contributed by atoms with E-state index in [0.717, 1.165) is 23.0 Å². The molecule has 5 heteroatoms. The van der Waals surface area contributed by atoms with Crippen molar-refractivity contribution >= 4 is 21.6 Å². The van der Waals surface area contributed by atoms with E-state index in [0.29, 0.717) is 17.7 Å². The lowest BCUT2D eigenvalue weighted by Gasteiger charge is -2.20. The van der Waals surface area contributed by atoms with E-state index in [1.165, 1.54) is 6.07 Å². The molecule has 1 aromatic carbocycles. The largest absolute Gasteiger partial charge is 0.398 e. The average Bonchev–Trinajstić information content (AvgIpc) is 2.46. The molecule has 1 aromatic heterocycles. The first-order valence-corrected chi connectivity index (χ1v) is 7.77. The van der Waals surface area contributed by atoms with Crippen LogP contribution in [0.5, 0.6) is 0 Å². The number of nitrogens with two attached hydrogens (primary N) is 1. The van der Waals surface area contributed by atoms with Gasteiger partial charge in [-0.2, -0.15) is 0 Å². The smallest absolute Gasteiger partial charge is 0.129 e. The first kappa shape index (κ1) is 15.9. The number of benzene rings is 1. The van der Waals surface area contributed by atoms with Crippen LogP contribution in [0.3, 0.4) is 0 Å². The second-order valence-corrected chi connectivity index (χ2v) is 5.87. The summed E-state index contributed by atoms with van der Waals surface area (Å²) in [5.41, 5.74) is 8.23. The highest BCUT2D eigenvalue weighted by molar-refractivity contribution is 9.10. The molecule has 1 atom stereocenters. The number of hydrogen-bond donors (Lipinski definition) is 2. The van der Waals surface area contributed by atoms with Crippen LogP contribution in [0.15, 0.2) is 41.1 Å². The fourth-order valence-corrected chi connectivity index (χ4v) is 2.56. The van der Waals surface area contributed by atoms with Gasteiger partial charge in [0, 0.05) is 34.2 Å². The van der Waals surface area contributed by atoms with Crippen molar-refractivity contribution < 1.29 is 4.39 Å². The zero-order chi connectivity index (χ0) is 15.2. The maximum absolute atomic E-state index is 14.2. The van der Waals surface area contributed by atoms with Gasteiger partial charge in [0.15, 0.2) is 0 Å². The molecule has 0 aliphatic heterocycles. The molecule has 0 aliphatic rings. The van der Waals surface area contributed by atoms with Crippen molar-refractivity contribution in [1.29, 1.82) is 0 Å². The normalized spacial score (nSPS) is 12.3. The molecule has 0 aliphatic carbocycles. The van der Waals surface area contributed by atoms with Crippen molar-refractivity contribution in [3.8, 4) is 0 Å². The molecular formula is C16H19BrFN3. The fourth-order valence-electron chi connectivity index (χ4n) is 2.22. The second-order valence-electron chi connectivity index (χ2n) is 4.95. The molecule has 21 heavy (non-hydrogen) atoms. The number of nitrogens with zero attached hydrogens (tertiary/aromatic N) is 1. The third kappa shape index (κ3) is 4.25. The van der Waals surface area contributed by atoms with E-state index in [9.17, 15) is 4.39 Å². The first-order chi connectivity index (χ1) is 10.1. The Labute approximate surface area is 132 Å². The maximum Gasteiger partial charge on any atom is 0.129 e. The molecule has 2 rings (SSSR count). The highest BCUT2D eigenvalue weighted by Gasteiger charge is 2.17. The molecule has 0 radical (unpaired) electrons. The zero-order valence-corrected chi connectivity index (χ0v) is 13.5. The summed E-state index contributed by atoms with van der Waals surface area (Å²) in [6.45, 7) is 2.90. The average molecular weight is 352 g/mol. The van der Waals surface area contributed by atoms with Gasteiger partial charge < -0.3 is 11.1 Å². The number of hydrogen-bond acceptors (Lipinski definition) is 3. The predicted molar refractivity (Wildman–Crippen MR) is 87.5 cm³/mol. The molecule has 3 nitrogen and oxygen atoms in total. The minimum absolute atomic E-state index is 0.121. The summed E-state index contributed by atoms with van der Waals surface area (Å²) < 4.78 is 14.9. The highest BCUT2D eigenvalue weighted by Crippen LogP contribution is 2.25. The molecule has 112 valence electrons. The summed E-state index contributed by atoms with van der Waals surface area (Å²) >= 11 is 3.29. The van der Waals surface area contributed by atoms with Gasteiger partial charge in [0.1, 0.15) is 5.82 Å². The van der Waals surface area contributed by atoms with Crippen LogP contribution in [0.25, 0.3) is 0 Å². The molecular weight excluding hydrogens is 333 g/mol. The summed E-state index contributed by atoms with van der Waals surface area (Å²) in [5, 5.41) is 3.38. The topological polar surface area (TPSA) is 50.9 Å². The zero-order valence-electron chi connectivity index (χ0n) is 11.9. The van der Waals surface area contributed by atoms with Gasteiger partial charge in [-0.1, -0.05) is 28.9 Å². The number of nitrogens with one attached hydrogen (secondary N) is 1. The summed E-state index contributed by atoms with van der Waals surface area (Å²) in [7, 11) is 0. The predicted octanol–water partition coefficient (Wildman–Crippen LogP) is 3.85. The Hall–Kier alpha value is -1.46. The van der Waals surface area contributed by atoms with E-state index < -0.39 is 0 Å². The summed E-state index contributed by atoms with van der Waals surface area (Å²) in [6.07, 6.45) is 5.00. The SMILES string of the molecule is CCCNC(Cc1cnccc1N)c1ccc(Br)cc1F. The molecule has 2 aromatic rings. The standard InChI is InChI=1S/C16H19BrFN3/c1-2-6-21-16(8-11-10-20-7-5-15(11)19)13-4-3-12(17)9-14(13)18/h3-5,7,9-10,16,21H,2,6,8H2,1H3,(H2,19,20). The fraction of sp³-hybridized carbons (Fsp3) is 0.312. The summed E-state index contributed by atoms with van der Waals surface area (Å²) in [6, 6.07) is 6.79. The van der Waals surface area contributed by atoms with Crippen molar-refractivity contribution in [3.63, 3.8) is 0 Å². The molecule has 0 bridgehead atoms. The van der Waals surface area contributed by atoms with E-state index in [1.807, 2.05) is 6.07 Å². The van der Waals surface area contributed by atoms with Crippen LogP contribution in [0.4, 0.5) is 10.1 Å². The van der Waals surface area contributed by atoms with Crippen LogP contribution in [-0.4, -0.2) is 11.5 Å². The molecule has 0 saturated heterocycles. The minimum Gasteiger partial charge on any atom is -0.398 e. The molecule has 0 saturated carbocycles. The lowest BCUT2D eigenvalue weighted by atomic mass is 9.98. The monoisotopic (exact) mass is 351 g/mol. The van der Waals surface area contributed by atoms with Crippen LogP contribution in [-0.2, 0) is 6.42 Å². The molecule has 3 N–H and O–H groups in total. The summed E-state index contributed by atoms with van der Waals surface area (Å²) in [5.74, 6) is -0.222. The Bertz CT molecular complexity index is 604. The quantitative estimate of drug-likeness (QED) is 0.830.